The average Bonchev–Trinajstić information content (AvgIpc) is 2.55. The molecule has 1 aliphatic heterocycles. The summed E-state index contributed by atoms with van der Waals surface area (Å²) in [6.07, 6.45) is -0.943. The molecule has 2 atom stereocenters. The smallest absolute Gasteiger partial charge is 0.0900 e. The third kappa shape index (κ3) is 11.0. The first kappa shape index (κ1) is 20.8. The lowest BCUT2D eigenvalue weighted by molar-refractivity contribution is -0.0217. The Morgan fingerprint density at radius 3 is 2.39 bits per heavy atom. The fourth-order valence-corrected chi connectivity index (χ4v) is 2.43. The molecule has 1 saturated heterocycles. The summed E-state index contributed by atoms with van der Waals surface area (Å²) >= 11 is 0. The number of morpholine rings is 1. The van der Waals surface area contributed by atoms with Crippen LogP contribution >= 0.6 is 0 Å². The average molecular weight is 334 g/mol. The number of ether oxygens (including phenoxy) is 3. The Hall–Kier alpha value is -0.280. The molecule has 1 aliphatic rings. The standard InChI is InChI=1S/C16H34N2O5/c1-3-17(4-5-18-6-8-21-9-7-18)12-16(20)14-23-11-10-22-13-15(2)19/h15-16,19-20H,3-14H2,1-2H3. The van der Waals surface area contributed by atoms with Gasteiger partial charge < -0.3 is 24.4 Å². The molecule has 0 amide bonds. The van der Waals surface area contributed by atoms with Crippen LogP contribution in [0.1, 0.15) is 13.8 Å². The molecule has 0 spiro atoms. The summed E-state index contributed by atoms with van der Waals surface area (Å²) in [5.41, 5.74) is 0. The van der Waals surface area contributed by atoms with Crippen molar-refractivity contribution in [2.24, 2.45) is 0 Å². The second-order valence-corrected chi connectivity index (χ2v) is 6.00. The van der Waals surface area contributed by atoms with E-state index in [2.05, 4.69) is 16.7 Å². The van der Waals surface area contributed by atoms with Crippen LogP contribution in [0.5, 0.6) is 0 Å². The Labute approximate surface area is 140 Å². The molecule has 7 nitrogen and oxygen atoms in total. The first-order valence-electron chi connectivity index (χ1n) is 8.66. The van der Waals surface area contributed by atoms with Gasteiger partial charge in [-0.05, 0) is 13.5 Å². The minimum atomic E-state index is -0.489. The lowest BCUT2D eigenvalue weighted by Gasteiger charge is -2.30. The highest BCUT2D eigenvalue weighted by atomic mass is 16.5. The van der Waals surface area contributed by atoms with Crippen molar-refractivity contribution in [2.45, 2.75) is 26.1 Å². The zero-order valence-corrected chi connectivity index (χ0v) is 14.7. The number of aliphatic hydroxyl groups is 2. The molecule has 1 fully saturated rings. The predicted molar refractivity (Wildman–Crippen MR) is 88.7 cm³/mol. The topological polar surface area (TPSA) is 74.6 Å². The summed E-state index contributed by atoms with van der Waals surface area (Å²) < 4.78 is 16.0. The van der Waals surface area contributed by atoms with E-state index in [1.54, 1.807) is 6.92 Å². The zero-order valence-electron chi connectivity index (χ0n) is 14.7. The Morgan fingerprint density at radius 1 is 1.13 bits per heavy atom. The van der Waals surface area contributed by atoms with Crippen molar-refractivity contribution in [3.63, 3.8) is 0 Å². The van der Waals surface area contributed by atoms with Gasteiger partial charge in [0.1, 0.15) is 0 Å². The van der Waals surface area contributed by atoms with Crippen molar-refractivity contribution in [1.29, 1.82) is 0 Å². The number of nitrogens with zero attached hydrogens (tertiary/aromatic N) is 2. The summed E-state index contributed by atoms with van der Waals surface area (Å²) in [7, 11) is 0. The van der Waals surface area contributed by atoms with E-state index in [4.69, 9.17) is 19.3 Å². The summed E-state index contributed by atoms with van der Waals surface area (Å²) in [6, 6.07) is 0. The molecule has 138 valence electrons. The Balaban J connectivity index is 2.04. The maximum atomic E-state index is 10.1. The number of rotatable bonds is 13. The van der Waals surface area contributed by atoms with Gasteiger partial charge in [-0.2, -0.15) is 0 Å². The van der Waals surface area contributed by atoms with Gasteiger partial charge in [-0.25, -0.2) is 0 Å². The molecule has 0 saturated carbocycles. The van der Waals surface area contributed by atoms with E-state index in [-0.39, 0.29) is 0 Å². The molecule has 0 radical (unpaired) electrons. The summed E-state index contributed by atoms with van der Waals surface area (Å²) in [6.45, 7) is 12.4. The highest BCUT2D eigenvalue weighted by molar-refractivity contribution is 4.68. The fourth-order valence-electron chi connectivity index (χ4n) is 2.43. The molecule has 0 aromatic rings. The molecule has 2 N–H and O–H groups in total. The van der Waals surface area contributed by atoms with Crippen LogP contribution in [0.2, 0.25) is 0 Å². The maximum Gasteiger partial charge on any atom is 0.0900 e. The molecular weight excluding hydrogens is 300 g/mol. The van der Waals surface area contributed by atoms with E-state index in [0.29, 0.717) is 33.0 Å². The molecule has 2 unspecified atom stereocenters. The van der Waals surface area contributed by atoms with Crippen LogP contribution in [0.25, 0.3) is 0 Å². The number of aliphatic hydroxyl groups excluding tert-OH is 2. The Kier molecular flexibility index (Phi) is 11.8. The van der Waals surface area contributed by atoms with E-state index in [0.717, 1.165) is 45.9 Å². The van der Waals surface area contributed by atoms with Crippen LogP contribution in [0.15, 0.2) is 0 Å². The number of likely N-dealkylation sites (N-methyl/N-ethyl adjacent to an activating group) is 1. The molecule has 0 aliphatic carbocycles. The highest BCUT2D eigenvalue weighted by Gasteiger charge is 2.14. The monoisotopic (exact) mass is 334 g/mol. The molecule has 23 heavy (non-hydrogen) atoms. The second kappa shape index (κ2) is 13.1. The molecule has 1 rings (SSSR count). The van der Waals surface area contributed by atoms with Gasteiger partial charge >= 0.3 is 0 Å². The van der Waals surface area contributed by atoms with E-state index in [1.165, 1.54) is 0 Å². The van der Waals surface area contributed by atoms with Crippen LogP contribution in [0.4, 0.5) is 0 Å². The quantitative estimate of drug-likeness (QED) is 0.436. The van der Waals surface area contributed by atoms with Crippen molar-refractivity contribution >= 4 is 0 Å². The van der Waals surface area contributed by atoms with Crippen molar-refractivity contribution < 1.29 is 24.4 Å². The van der Waals surface area contributed by atoms with E-state index in [1.807, 2.05) is 0 Å². The Morgan fingerprint density at radius 2 is 1.78 bits per heavy atom. The van der Waals surface area contributed by atoms with Gasteiger partial charge in [-0.3, -0.25) is 9.80 Å². The summed E-state index contributed by atoms with van der Waals surface area (Å²) in [4.78, 5) is 4.64. The van der Waals surface area contributed by atoms with Gasteiger partial charge in [0.05, 0.1) is 51.8 Å². The third-order valence-corrected chi connectivity index (χ3v) is 3.79. The lowest BCUT2D eigenvalue weighted by atomic mass is 10.3. The van der Waals surface area contributed by atoms with Crippen molar-refractivity contribution in [3.8, 4) is 0 Å². The number of hydrogen-bond donors (Lipinski definition) is 2. The molecular formula is C16H34N2O5. The van der Waals surface area contributed by atoms with Gasteiger partial charge in [-0.1, -0.05) is 6.92 Å². The van der Waals surface area contributed by atoms with Crippen molar-refractivity contribution in [2.75, 3.05) is 78.9 Å². The van der Waals surface area contributed by atoms with Crippen LogP contribution in [-0.2, 0) is 14.2 Å². The molecule has 0 aromatic carbocycles. The zero-order chi connectivity index (χ0) is 16.9. The maximum absolute atomic E-state index is 10.1. The highest BCUT2D eigenvalue weighted by Crippen LogP contribution is 1.99. The first-order chi connectivity index (χ1) is 11.1. The predicted octanol–water partition coefficient (Wildman–Crippen LogP) is -0.585. The van der Waals surface area contributed by atoms with E-state index >= 15 is 0 Å². The largest absolute Gasteiger partial charge is 0.391 e. The molecule has 0 bridgehead atoms. The van der Waals surface area contributed by atoms with Crippen LogP contribution in [0.3, 0.4) is 0 Å². The van der Waals surface area contributed by atoms with Crippen LogP contribution < -0.4 is 0 Å². The molecule has 0 aromatic heterocycles. The van der Waals surface area contributed by atoms with Gasteiger partial charge in [0.25, 0.3) is 0 Å². The van der Waals surface area contributed by atoms with Gasteiger partial charge in [0.15, 0.2) is 0 Å². The second-order valence-electron chi connectivity index (χ2n) is 6.00. The van der Waals surface area contributed by atoms with Crippen molar-refractivity contribution in [1.82, 2.24) is 9.80 Å². The van der Waals surface area contributed by atoms with Gasteiger partial charge in [-0.15, -0.1) is 0 Å². The molecule has 7 heteroatoms. The van der Waals surface area contributed by atoms with E-state index < -0.39 is 12.2 Å². The molecule has 1 heterocycles. The van der Waals surface area contributed by atoms with Crippen LogP contribution in [-0.4, -0.2) is 111 Å². The summed E-state index contributed by atoms with van der Waals surface area (Å²) in [5.74, 6) is 0. The fraction of sp³-hybridized carbons (Fsp3) is 1.00. The number of hydrogen-bond acceptors (Lipinski definition) is 7. The minimum absolute atomic E-state index is 0.312. The lowest BCUT2D eigenvalue weighted by Crippen LogP contribution is -2.43. The van der Waals surface area contributed by atoms with Crippen LogP contribution in [0, 0.1) is 0 Å². The summed E-state index contributed by atoms with van der Waals surface area (Å²) in [5, 5.41) is 19.1. The van der Waals surface area contributed by atoms with E-state index in [9.17, 15) is 5.11 Å². The first-order valence-corrected chi connectivity index (χ1v) is 8.66. The SMILES string of the molecule is CCN(CCN1CCOCC1)CC(O)COCCOCC(C)O. The third-order valence-electron chi connectivity index (χ3n) is 3.79. The van der Waals surface area contributed by atoms with Gasteiger partial charge in [0, 0.05) is 32.7 Å². The minimum Gasteiger partial charge on any atom is -0.391 e. The van der Waals surface area contributed by atoms with Gasteiger partial charge in [0.2, 0.25) is 0 Å². The Bertz CT molecular complexity index is 275. The van der Waals surface area contributed by atoms with Crippen molar-refractivity contribution in [3.05, 3.63) is 0 Å². The normalized spacial score (nSPS) is 19.2.